The molecule has 82 valence electrons. The lowest BCUT2D eigenvalue weighted by molar-refractivity contribution is 0.0481. The Bertz CT molecular complexity index is 338. The summed E-state index contributed by atoms with van der Waals surface area (Å²) in [5.41, 5.74) is -0.973. The first-order valence-electron chi connectivity index (χ1n) is 4.75. The molecule has 0 aliphatic carbocycles. The number of rotatable bonds is 4. The summed E-state index contributed by atoms with van der Waals surface area (Å²) in [5, 5.41) is 9.98. The van der Waals surface area contributed by atoms with Crippen LogP contribution in [0.5, 0.6) is 0 Å². The average Bonchev–Trinajstić information content (AvgIpc) is 2.13. The SMILES string of the molecule is C=CCCC(C)(O)c1cc(F)cc(F)c1. The molecule has 0 heterocycles. The van der Waals surface area contributed by atoms with Crippen LogP contribution in [0.25, 0.3) is 0 Å². The highest BCUT2D eigenvalue weighted by Crippen LogP contribution is 2.27. The molecule has 15 heavy (non-hydrogen) atoms. The van der Waals surface area contributed by atoms with Crippen LogP contribution in [0.2, 0.25) is 0 Å². The van der Waals surface area contributed by atoms with Crippen LogP contribution in [0.15, 0.2) is 30.9 Å². The zero-order valence-electron chi connectivity index (χ0n) is 8.63. The highest BCUT2D eigenvalue weighted by atomic mass is 19.1. The smallest absolute Gasteiger partial charge is 0.126 e. The molecule has 1 N–H and O–H groups in total. The molecular weight excluding hydrogens is 198 g/mol. The lowest BCUT2D eigenvalue weighted by atomic mass is 9.91. The maximum absolute atomic E-state index is 12.9. The fourth-order valence-electron chi connectivity index (χ4n) is 1.39. The van der Waals surface area contributed by atoms with Crippen LogP contribution in [-0.4, -0.2) is 5.11 Å². The van der Waals surface area contributed by atoms with E-state index in [1.165, 1.54) is 6.92 Å². The highest BCUT2D eigenvalue weighted by molar-refractivity contribution is 5.23. The normalized spacial score (nSPS) is 14.7. The van der Waals surface area contributed by atoms with E-state index in [0.717, 1.165) is 18.2 Å². The minimum Gasteiger partial charge on any atom is -0.385 e. The number of hydrogen-bond acceptors (Lipinski definition) is 1. The molecule has 0 amide bonds. The molecule has 0 radical (unpaired) electrons. The van der Waals surface area contributed by atoms with Crippen molar-refractivity contribution >= 4 is 0 Å². The van der Waals surface area contributed by atoms with Crippen LogP contribution < -0.4 is 0 Å². The Morgan fingerprint density at radius 2 is 1.87 bits per heavy atom. The number of benzene rings is 1. The third-order valence-electron chi connectivity index (χ3n) is 2.32. The van der Waals surface area contributed by atoms with Gasteiger partial charge in [0.25, 0.3) is 0 Å². The van der Waals surface area contributed by atoms with E-state index in [9.17, 15) is 13.9 Å². The van der Waals surface area contributed by atoms with Gasteiger partial charge in [-0.3, -0.25) is 0 Å². The summed E-state index contributed by atoms with van der Waals surface area (Å²) in [6, 6.07) is 3.07. The van der Waals surface area contributed by atoms with E-state index < -0.39 is 17.2 Å². The molecule has 1 atom stereocenters. The van der Waals surface area contributed by atoms with Crippen LogP contribution in [0.3, 0.4) is 0 Å². The van der Waals surface area contributed by atoms with E-state index in [0.29, 0.717) is 12.8 Å². The van der Waals surface area contributed by atoms with Crippen LogP contribution in [0, 0.1) is 11.6 Å². The van der Waals surface area contributed by atoms with E-state index in [-0.39, 0.29) is 5.56 Å². The quantitative estimate of drug-likeness (QED) is 0.760. The molecule has 0 bridgehead atoms. The van der Waals surface area contributed by atoms with E-state index in [1.54, 1.807) is 6.08 Å². The molecule has 1 unspecified atom stereocenters. The molecule has 0 aliphatic heterocycles. The average molecular weight is 212 g/mol. The van der Waals surface area contributed by atoms with E-state index in [4.69, 9.17) is 0 Å². The molecule has 3 heteroatoms. The molecule has 1 nitrogen and oxygen atoms in total. The third-order valence-corrected chi connectivity index (χ3v) is 2.32. The Morgan fingerprint density at radius 1 is 1.33 bits per heavy atom. The standard InChI is InChI=1S/C12H14F2O/c1-3-4-5-12(2,15)9-6-10(13)8-11(14)7-9/h3,6-8,15H,1,4-5H2,2H3. The summed E-state index contributed by atoms with van der Waals surface area (Å²) in [7, 11) is 0. The second-order valence-corrected chi connectivity index (χ2v) is 3.76. The minimum atomic E-state index is -1.23. The van der Waals surface area contributed by atoms with E-state index in [1.807, 2.05) is 0 Å². The van der Waals surface area contributed by atoms with Gasteiger partial charge in [0.1, 0.15) is 11.6 Å². The van der Waals surface area contributed by atoms with Gasteiger partial charge in [-0.15, -0.1) is 6.58 Å². The largest absolute Gasteiger partial charge is 0.385 e. The van der Waals surface area contributed by atoms with Crippen molar-refractivity contribution in [1.29, 1.82) is 0 Å². The Morgan fingerprint density at radius 3 is 2.33 bits per heavy atom. The van der Waals surface area contributed by atoms with Crippen LogP contribution in [0.4, 0.5) is 8.78 Å². The molecule has 0 aromatic heterocycles. The van der Waals surface area contributed by atoms with Crippen molar-refractivity contribution in [3.8, 4) is 0 Å². The summed E-state index contributed by atoms with van der Waals surface area (Å²) < 4.78 is 25.8. The second kappa shape index (κ2) is 4.53. The van der Waals surface area contributed by atoms with Gasteiger partial charge in [-0.2, -0.15) is 0 Å². The Kier molecular flexibility index (Phi) is 3.58. The van der Waals surface area contributed by atoms with Crippen molar-refractivity contribution in [1.82, 2.24) is 0 Å². The van der Waals surface area contributed by atoms with E-state index >= 15 is 0 Å². The van der Waals surface area contributed by atoms with Crippen molar-refractivity contribution in [2.75, 3.05) is 0 Å². The molecule has 0 aliphatic rings. The zero-order valence-corrected chi connectivity index (χ0v) is 8.63. The van der Waals surface area contributed by atoms with Crippen molar-refractivity contribution in [2.24, 2.45) is 0 Å². The third kappa shape index (κ3) is 3.13. The monoisotopic (exact) mass is 212 g/mol. The van der Waals surface area contributed by atoms with Gasteiger partial charge < -0.3 is 5.11 Å². The number of hydrogen-bond donors (Lipinski definition) is 1. The molecule has 0 saturated carbocycles. The van der Waals surface area contributed by atoms with Crippen LogP contribution in [0.1, 0.15) is 25.3 Å². The highest BCUT2D eigenvalue weighted by Gasteiger charge is 2.23. The first-order chi connectivity index (χ1) is 6.95. The maximum Gasteiger partial charge on any atom is 0.126 e. The van der Waals surface area contributed by atoms with Crippen molar-refractivity contribution in [3.63, 3.8) is 0 Å². The Hall–Kier alpha value is -1.22. The van der Waals surface area contributed by atoms with Gasteiger partial charge in [0.05, 0.1) is 5.60 Å². The summed E-state index contributed by atoms with van der Waals surface area (Å²) >= 11 is 0. The predicted molar refractivity (Wildman–Crippen MR) is 55.4 cm³/mol. The van der Waals surface area contributed by atoms with Crippen molar-refractivity contribution in [2.45, 2.75) is 25.4 Å². The van der Waals surface area contributed by atoms with Gasteiger partial charge >= 0.3 is 0 Å². The Labute approximate surface area is 88.1 Å². The van der Waals surface area contributed by atoms with E-state index in [2.05, 4.69) is 6.58 Å². The topological polar surface area (TPSA) is 20.2 Å². The first-order valence-corrected chi connectivity index (χ1v) is 4.75. The molecule has 0 saturated heterocycles. The van der Waals surface area contributed by atoms with Gasteiger partial charge in [-0.25, -0.2) is 8.78 Å². The van der Waals surface area contributed by atoms with Crippen LogP contribution in [-0.2, 0) is 5.60 Å². The van der Waals surface area contributed by atoms with Gasteiger partial charge in [0.15, 0.2) is 0 Å². The van der Waals surface area contributed by atoms with Gasteiger partial charge in [0.2, 0.25) is 0 Å². The molecule has 0 spiro atoms. The van der Waals surface area contributed by atoms with Crippen molar-refractivity contribution in [3.05, 3.63) is 48.1 Å². The maximum atomic E-state index is 12.9. The molecule has 0 fully saturated rings. The summed E-state index contributed by atoms with van der Waals surface area (Å²) in [6.45, 7) is 5.07. The fraction of sp³-hybridized carbons (Fsp3) is 0.333. The lowest BCUT2D eigenvalue weighted by Crippen LogP contribution is -2.21. The number of allylic oxidation sites excluding steroid dienone is 1. The molecule has 1 aromatic rings. The van der Waals surface area contributed by atoms with Crippen LogP contribution >= 0.6 is 0 Å². The first kappa shape index (κ1) is 11.9. The van der Waals surface area contributed by atoms with Gasteiger partial charge in [-0.05, 0) is 37.5 Å². The van der Waals surface area contributed by atoms with Gasteiger partial charge in [-0.1, -0.05) is 6.08 Å². The fourth-order valence-corrected chi connectivity index (χ4v) is 1.39. The molecule has 1 rings (SSSR count). The second-order valence-electron chi connectivity index (χ2n) is 3.76. The number of aliphatic hydroxyl groups is 1. The molecule has 1 aromatic carbocycles. The summed E-state index contributed by atoms with van der Waals surface area (Å²) in [5.74, 6) is -1.35. The Balaban J connectivity index is 2.97. The zero-order chi connectivity index (χ0) is 11.5. The van der Waals surface area contributed by atoms with Crippen molar-refractivity contribution < 1.29 is 13.9 Å². The lowest BCUT2D eigenvalue weighted by Gasteiger charge is -2.23. The minimum absolute atomic E-state index is 0.252. The predicted octanol–water partition coefficient (Wildman–Crippen LogP) is 3.14. The van der Waals surface area contributed by atoms with Gasteiger partial charge in [0, 0.05) is 6.07 Å². The molecular formula is C12H14F2O. The number of halogens is 2. The summed E-state index contributed by atoms with van der Waals surface area (Å²) in [6.07, 6.45) is 2.63. The summed E-state index contributed by atoms with van der Waals surface area (Å²) in [4.78, 5) is 0.